The lowest BCUT2D eigenvalue weighted by Crippen LogP contribution is -2.26. The van der Waals surface area contributed by atoms with Crippen LogP contribution in [-0.2, 0) is 7.05 Å². The van der Waals surface area contributed by atoms with Crippen LogP contribution in [0.2, 0.25) is 0 Å². The van der Waals surface area contributed by atoms with Gasteiger partial charge in [-0.05, 0) is 35.0 Å². The minimum atomic E-state index is -0.343. The summed E-state index contributed by atoms with van der Waals surface area (Å²) in [5.41, 5.74) is 1.33. The van der Waals surface area contributed by atoms with Crippen LogP contribution in [-0.4, -0.2) is 26.5 Å². The van der Waals surface area contributed by atoms with Crippen molar-refractivity contribution in [3.05, 3.63) is 40.1 Å². The highest BCUT2D eigenvalue weighted by molar-refractivity contribution is 9.10. The van der Waals surface area contributed by atoms with Gasteiger partial charge in [0, 0.05) is 18.8 Å². The molecule has 0 radical (unpaired) electrons. The zero-order chi connectivity index (χ0) is 13.8. The van der Waals surface area contributed by atoms with Crippen LogP contribution in [0.1, 0.15) is 30.6 Å². The van der Waals surface area contributed by atoms with Gasteiger partial charge in [0.1, 0.15) is 5.82 Å². The maximum atomic E-state index is 14.0. The number of hydrogen-bond donors (Lipinski definition) is 1. The van der Waals surface area contributed by atoms with E-state index in [0.29, 0.717) is 10.2 Å². The van der Waals surface area contributed by atoms with Crippen LogP contribution < -0.4 is 5.32 Å². The minimum Gasteiger partial charge on any atom is -0.305 e. The molecule has 19 heavy (non-hydrogen) atoms. The predicted molar refractivity (Wildman–Crippen MR) is 73.0 cm³/mol. The molecule has 1 atom stereocenters. The van der Waals surface area contributed by atoms with Crippen molar-refractivity contribution < 1.29 is 4.39 Å². The number of halogens is 2. The normalized spacial score (nSPS) is 12.6. The topological polar surface area (TPSA) is 55.6 Å². The largest absolute Gasteiger partial charge is 0.305 e. The van der Waals surface area contributed by atoms with Gasteiger partial charge >= 0.3 is 0 Å². The summed E-state index contributed by atoms with van der Waals surface area (Å²) in [6.45, 7) is 2.83. The van der Waals surface area contributed by atoms with E-state index in [4.69, 9.17) is 0 Å². The molecule has 0 bridgehead atoms. The van der Waals surface area contributed by atoms with Crippen molar-refractivity contribution in [2.45, 2.75) is 19.4 Å². The number of nitrogens with zero attached hydrogens (tertiary/aromatic N) is 4. The van der Waals surface area contributed by atoms with Crippen molar-refractivity contribution in [2.75, 3.05) is 6.54 Å². The SMILES string of the molecule is CCCNC(c1ccncc1F)c1c(Br)nnn1C. The van der Waals surface area contributed by atoms with Gasteiger partial charge in [0.15, 0.2) is 4.60 Å². The fraction of sp³-hybridized carbons (Fsp3) is 0.417. The monoisotopic (exact) mass is 327 g/mol. The lowest BCUT2D eigenvalue weighted by Gasteiger charge is -2.19. The summed E-state index contributed by atoms with van der Waals surface area (Å²) in [5, 5.41) is 11.2. The molecule has 7 heteroatoms. The van der Waals surface area contributed by atoms with Crippen LogP contribution in [0.15, 0.2) is 23.1 Å². The maximum absolute atomic E-state index is 14.0. The molecule has 2 rings (SSSR count). The number of nitrogens with one attached hydrogen (secondary N) is 1. The predicted octanol–water partition coefficient (Wildman–Crippen LogP) is 2.20. The molecule has 0 spiro atoms. The fourth-order valence-corrected chi connectivity index (χ4v) is 2.46. The average molecular weight is 328 g/mol. The molecule has 0 saturated heterocycles. The van der Waals surface area contributed by atoms with E-state index in [2.05, 4.69) is 43.5 Å². The Hall–Kier alpha value is -1.34. The molecule has 102 valence electrons. The summed E-state index contributed by atoms with van der Waals surface area (Å²) in [6, 6.07) is 1.36. The minimum absolute atomic E-state index is 0.308. The van der Waals surface area contributed by atoms with E-state index in [-0.39, 0.29) is 11.9 Å². The second-order valence-electron chi connectivity index (χ2n) is 4.17. The lowest BCUT2D eigenvalue weighted by molar-refractivity contribution is 0.515. The van der Waals surface area contributed by atoms with Crippen molar-refractivity contribution >= 4 is 15.9 Å². The summed E-state index contributed by atoms with van der Waals surface area (Å²) >= 11 is 3.36. The van der Waals surface area contributed by atoms with Crippen molar-refractivity contribution in [1.82, 2.24) is 25.3 Å². The molecule has 2 heterocycles. The Labute approximate surface area is 119 Å². The molecule has 0 aliphatic heterocycles. The quantitative estimate of drug-likeness (QED) is 0.914. The Balaban J connectivity index is 2.45. The van der Waals surface area contributed by atoms with Crippen LogP contribution in [0.3, 0.4) is 0 Å². The average Bonchev–Trinajstić information content (AvgIpc) is 2.73. The van der Waals surface area contributed by atoms with Crippen LogP contribution in [0.25, 0.3) is 0 Å². The van der Waals surface area contributed by atoms with Crippen molar-refractivity contribution in [1.29, 1.82) is 0 Å². The van der Waals surface area contributed by atoms with Crippen LogP contribution in [0.5, 0.6) is 0 Å². The Kier molecular flexibility index (Phi) is 4.60. The highest BCUT2D eigenvalue weighted by atomic mass is 79.9. The standard InChI is InChI=1S/C12H15BrFN5/c1-3-5-16-10(8-4-6-15-7-9(8)14)11-12(13)17-18-19(11)2/h4,6-7,10,16H,3,5H2,1-2H3. The Morgan fingerprint density at radius 3 is 2.89 bits per heavy atom. The molecule has 2 aromatic heterocycles. The lowest BCUT2D eigenvalue weighted by atomic mass is 10.0. The van der Waals surface area contributed by atoms with E-state index in [0.717, 1.165) is 18.7 Å². The highest BCUT2D eigenvalue weighted by Crippen LogP contribution is 2.27. The van der Waals surface area contributed by atoms with Crippen LogP contribution in [0, 0.1) is 5.82 Å². The van der Waals surface area contributed by atoms with E-state index < -0.39 is 0 Å². The van der Waals surface area contributed by atoms with Crippen molar-refractivity contribution in [2.24, 2.45) is 7.05 Å². The molecule has 0 aromatic carbocycles. The second-order valence-corrected chi connectivity index (χ2v) is 4.92. The summed E-state index contributed by atoms with van der Waals surface area (Å²) in [5.74, 6) is -0.343. The highest BCUT2D eigenvalue weighted by Gasteiger charge is 2.23. The van der Waals surface area contributed by atoms with Crippen molar-refractivity contribution in [3.63, 3.8) is 0 Å². The number of rotatable bonds is 5. The van der Waals surface area contributed by atoms with Gasteiger partial charge in [-0.3, -0.25) is 4.98 Å². The van der Waals surface area contributed by atoms with Crippen LogP contribution >= 0.6 is 15.9 Å². The van der Waals surface area contributed by atoms with Gasteiger partial charge in [-0.25, -0.2) is 9.07 Å². The van der Waals surface area contributed by atoms with Gasteiger partial charge in [-0.1, -0.05) is 12.1 Å². The van der Waals surface area contributed by atoms with Crippen molar-refractivity contribution in [3.8, 4) is 0 Å². The van der Waals surface area contributed by atoms with E-state index in [1.165, 1.54) is 6.20 Å². The smallest absolute Gasteiger partial charge is 0.153 e. The molecular weight excluding hydrogens is 313 g/mol. The number of aryl methyl sites for hydroxylation is 1. The molecular formula is C12H15BrFN5. The summed E-state index contributed by atoms with van der Waals surface area (Å²) in [6.07, 6.45) is 3.75. The first-order valence-corrected chi connectivity index (χ1v) is 6.82. The van der Waals surface area contributed by atoms with E-state index in [1.807, 2.05) is 0 Å². The zero-order valence-corrected chi connectivity index (χ0v) is 12.4. The summed E-state index contributed by atoms with van der Waals surface area (Å²) in [7, 11) is 1.78. The number of pyridine rings is 1. The molecule has 0 saturated carbocycles. The van der Waals surface area contributed by atoms with E-state index in [1.54, 1.807) is 24.0 Å². The van der Waals surface area contributed by atoms with Gasteiger partial charge in [0.05, 0.1) is 17.9 Å². The molecule has 0 amide bonds. The first kappa shape index (κ1) is 14.1. The number of aromatic nitrogens is 4. The molecule has 1 unspecified atom stereocenters. The summed E-state index contributed by atoms with van der Waals surface area (Å²) < 4.78 is 16.2. The van der Waals surface area contributed by atoms with Gasteiger partial charge in [0.2, 0.25) is 0 Å². The van der Waals surface area contributed by atoms with E-state index in [9.17, 15) is 4.39 Å². The van der Waals surface area contributed by atoms with Gasteiger partial charge in [0.25, 0.3) is 0 Å². The van der Waals surface area contributed by atoms with E-state index >= 15 is 0 Å². The number of hydrogen-bond acceptors (Lipinski definition) is 4. The third-order valence-electron chi connectivity index (χ3n) is 2.81. The first-order valence-electron chi connectivity index (χ1n) is 6.03. The zero-order valence-electron chi connectivity index (χ0n) is 10.8. The van der Waals surface area contributed by atoms with Crippen LogP contribution in [0.4, 0.5) is 4.39 Å². The Morgan fingerprint density at radius 1 is 1.53 bits per heavy atom. The molecule has 1 N–H and O–H groups in total. The molecule has 5 nitrogen and oxygen atoms in total. The first-order chi connectivity index (χ1) is 9.15. The molecule has 0 aliphatic rings. The second kappa shape index (κ2) is 6.21. The summed E-state index contributed by atoms with van der Waals surface area (Å²) in [4.78, 5) is 3.78. The Bertz CT molecular complexity index is 537. The fourth-order valence-electron chi connectivity index (χ4n) is 1.91. The third kappa shape index (κ3) is 2.98. The van der Waals surface area contributed by atoms with Gasteiger partial charge in [-0.15, -0.1) is 5.10 Å². The maximum Gasteiger partial charge on any atom is 0.153 e. The Morgan fingerprint density at radius 2 is 2.32 bits per heavy atom. The molecule has 0 fully saturated rings. The van der Waals surface area contributed by atoms with Gasteiger partial charge in [-0.2, -0.15) is 0 Å². The third-order valence-corrected chi connectivity index (χ3v) is 3.38. The molecule has 0 aliphatic carbocycles. The van der Waals surface area contributed by atoms with Gasteiger partial charge < -0.3 is 5.32 Å². The molecule has 2 aromatic rings.